The Bertz CT molecular complexity index is 2720. The van der Waals surface area contributed by atoms with E-state index in [4.69, 9.17) is 0 Å². The Labute approximate surface area is 285 Å². The predicted octanol–water partition coefficient (Wildman–Crippen LogP) is 12.8. The van der Waals surface area contributed by atoms with Gasteiger partial charge in [0, 0.05) is 0 Å². The molecule has 0 saturated carbocycles. The number of rotatable bonds is 2. The van der Waals surface area contributed by atoms with E-state index in [0.29, 0.717) is 0 Å². The molecule has 0 heteroatoms. The van der Waals surface area contributed by atoms with Gasteiger partial charge in [-0.1, -0.05) is 176 Å². The summed E-state index contributed by atoms with van der Waals surface area (Å²) in [6, 6.07) is 68.0. The molecule has 0 bridgehead atoms. The topological polar surface area (TPSA) is 0 Å². The van der Waals surface area contributed by atoms with E-state index in [0.717, 1.165) is 0 Å². The van der Waals surface area contributed by atoms with Crippen LogP contribution in [0.3, 0.4) is 0 Å². The predicted molar refractivity (Wildman–Crippen MR) is 206 cm³/mol. The lowest BCUT2D eigenvalue weighted by atomic mass is 9.69. The van der Waals surface area contributed by atoms with Crippen molar-refractivity contribution in [3.05, 3.63) is 204 Å². The summed E-state index contributed by atoms with van der Waals surface area (Å²) in [5.74, 6) is 0. The van der Waals surface area contributed by atoms with Crippen LogP contribution in [-0.2, 0) is 5.41 Å². The van der Waals surface area contributed by atoms with Gasteiger partial charge in [0.05, 0.1) is 5.41 Å². The van der Waals surface area contributed by atoms with Gasteiger partial charge < -0.3 is 0 Å². The largest absolute Gasteiger partial charge is 0.0731 e. The van der Waals surface area contributed by atoms with E-state index < -0.39 is 5.41 Å². The SMILES string of the molecule is c1ccc(-c2c3ccccc3c(-c3ccc4c(c3)C3(c5ccccc5-c5ccccc53)c3c-4ccc4ccccc34)c3ccccc23)cc1. The Morgan fingerprint density at radius 2 is 0.755 bits per heavy atom. The van der Waals surface area contributed by atoms with Crippen molar-refractivity contribution < 1.29 is 0 Å². The van der Waals surface area contributed by atoms with Gasteiger partial charge in [0.15, 0.2) is 0 Å². The molecule has 2 aliphatic carbocycles. The van der Waals surface area contributed by atoms with Crippen molar-refractivity contribution in [1.82, 2.24) is 0 Å². The first-order chi connectivity index (χ1) is 24.3. The van der Waals surface area contributed by atoms with Crippen LogP contribution in [0.15, 0.2) is 182 Å². The van der Waals surface area contributed by atoms with E-state index in [1.54, 1.807) is 0 Å². The van der Waals surface area contributed by atoms with Crippen molar-refractivity contribution in [1.29, 1.82) is 0 Å². The molecule has 226 valence electrons. The van der Waals surface area contributed by atoms with Crippen LogP contribution in [0.25, 0.3) is 76.8 Å². The lowest BCUT2D eigenvalue weighted by Gasteiger charge is -2.32. The molecule has 0 aliphatic heterocycles. The Balaban J connectivity index is 1.29. The summed E-state index contributed by atoms with van der Waals surface area (Å²) in [5, 5.41) is 7.73. The van der Waals surface area contributed by atoms with Crippen LogP contribution in [0.5, 0.6) is 0 Å². The second-order valence-electron chi connectivity index (χ2n) is 13.5. The maximum atomic E-state index is 2.54. The van der Waals surface area contributed by atoms with E-state index in [-0.39, 0.29) is 0 Å². The third kappa shape index (κ3) is 3.43. The highest BCUT2D eigenvalue weighted by Crippen LogP contribution is 2.64. The highest BCUT2D eigenvalue weighted by Gasteiger charge is 2.52. The zero-order valence-electron chi connectivity index (χ0n) is 26.8. The third-order valence-electron chi connectivity index (χ3n) is 11.3. The lowest BCUT2D eigenvalue weighted by Crippen LogP contribution is -2.26. The van der Waals surface area contributed by atoms with E-state index >= 15 is 0 Å². The molecule has 0 nitrogen and oxygen atoms in total. The molecule has 0 heterocycles. The minimum atomic E-state index is -0.426. The first-order valence-corrected chi connectivity index (χ1v) is 17.2. The van der Waals surface area contributed by atoms with E-state index in [2.05, 4.69) is 182 Å². The smallest absolute Gasteiger partial charge is 0.0622 e. The molecule has 49 heavy (non-hydrogen) atoms. The Morgan fingerprint density at radius 1 is 0.286 bits per heavy atom. The Hall–Kier alpha value is -6.24. The highest BCUT2D eigenvalue weighted by molar-refractivity contribution is 6.21. The number of fused-ring (bicyclic) bond motifs is 14. The molecule has 2 aliphatic rings. The fourth-order valence-corrected chi connectivity index (χ4v) is 9.43. The van der Waals surface area contributed by atoms with Crippen LogP contribution in [0.1, 0.15) is 22.3 Å². The molecule has 0 atom stereocenters. The van der Waals surface area contributed by atoms with E-state index in [1.165, 1.54) is 99.1 Å². The third-order valence-corrected chi connectivity index (χ3v) is 11.3. The molecule has 0 fully saturated rings. The molecule has 11 rings (SSSR count). The average molecular weight is 619 g/mol. The Kier molecular flexibility index (Phi) is 5.41. The van der Waals surface area contributed by atoms with Crippen LogP contribution < -0.4 is 0 Å². The number of hydrogen-bond donors (Lipinski definition) is 0. The summed E-state index contributed by atoms with van der Waals surface area (Å²) in [7, 11) is 0. The van der Waals surface area contributed by atoms with Crippen LogP contribution in [0.2, 0.25) is 0 Å². The summed E-state index contributed by atoms with van der Waals surface area (Å²) in [4.78, 5) is 0. The summed E-state index contributed by atoms with van der Waals surface area (Å²) in [6.45, 7) is 0. The molecular weight excluding hydrogens is 589 g/mol. The average Bonchev–Trinajstić information content (AvgIpc) is 3.64. The minimum absolute atomic E-state index is 0.426. The standard InChI is InChI=1S/C49H30/c1-2-15-32(16-3-1)46-38-20-6-8-22-40(38)47(41-23-9-7-21-39(41)46)33-27-28-37-42-29-26-31-14-4-5-17-34(31)48(42)49(45(37)30-33)43-24-12-10-18-35(43)36-19-11-13-25-44(36)49/h1-30H. The zero-order chi connectivity index (χ0) is 32.1. The van der Waals surface area contributed by atoms with Crippen molar-refractivity contribution in [2.75, 3.05) is 0 Å². The number of hydrogen-bond acceptors (Lipinski definition) is 0. The molecule has 9 aromatic carbocycles. The van der Waals surface area contributed by atoms with Crippen LogP contribution >= 0.6 is 0 Å². The second kappa shape index (κ2) is 9.89. The van der Waals surface area contributed by atoms with Gasteiger partial charge in [-0.25, -0.2) is 0 Å². The minimum Gasteiger partial charge on any atom is -0.0622 e. The molecule has 0 aromatic heterocycles. The fourth-order valence-electron chi connectivity index (χ4n) is 9.43. The van der Waals surface area contributed by atoms with Crippen LogP contribution in [0.4, 0.5) is 0 Å². The van der Waals surface area contributed by atoms with E-state index in [1.807, 2.05) is 0 Å². The van der Waals surface area contributed by atoms with Crippen molar-refractivity contribution in [2.24, 2.45) is 0 Å². The van der Waals surface area contributed by atoms with Gasteiger partial charge in [-0.3, -0.25) is 0 Å². The molecule has 1 spiro atoms. The summed E-state index contributed by atoms with van der Waals surface area (Å²) in [6.07, 6.45) is 0. The quantitative estimate of drug-likeness (QED) is 0.169. The van der Waals surface area contributed by atoms with Crippen molar-refractivity contribution >= 4 is 32.3 Å². The van der Waals surface area contributed by atoms with Gasteiger partial charge in [0.25, 0.3) is 0 Å². The fraction of sp³-hybridized carbons (Fsp3) is 0.0204. The van der Waals surface area contributed by atoms with Gasteiger partial charge in [-0.15, -0.1) is 0 Å². The zero-order valence-corrected chi connectivity index (χ0v) is 26.8. The molecule has 0 unspecified atom stereocenters. The van der Waals surface area contributed by atoms with Crippen LogP contribution in [-0.4, -0.2) is 0 Å². The molecule has 0 N–H and O–H groups in total. The van der Waals surface area contributed by atoms with Crippen LogP contribution in [0, 0.1) is 0 Å². The van der Waals surface area contributed by atoms with Crippen molar-refractivity contribution in [3.63, 3.8) is 0 Å². The van der Waals surface area contributed by atoms with Gasteiger partial charge in [-0.2, -0.15) is 0 Å². The van der Waals surface area contributed by atoms with Crippen molar-refractivity contribution in [3.8, 4) is 44.5 Å². The Morgan fingerprint density at radius 3 is 1.39 bits per heavy atom. The van der Waals surface area contributed by atoms with Gasteiger partial charge in [0.1, 0.15) is 0 Å². The first kappa shape index (κ1) is 26.8. The number of benzene rings is 9. The normalized spacial score (nSPS) is 13.5. The summed E-state index contributed by atoms with van der Waals surface area (Å²) in [5.41, 5.74) is 15.5. The molecule has 0 amide bonds. The van der Waals surface area contributed by atoms with E-state index in [9.17, 15) is 0 Å². The lowest BCUT2D eigenvalue weighted by molar-refractivity contribution is 0.801. The summed E-state index contributed by atoms with van der Waals surface area (Å²) >= 11 is 0. The monoisotopic (exact) mass is 618 g/mol. The summed E-state index contributed by atoms with van der Waals surface area (Å²) < 4.78 is 0. The molecule has 9 aromatic rings. The molecular formula is C49H30. The molecule has 0 radical (unpaired) electrons. The van der Waals surface area contributed by atoms with Gasteiger partial charge in [-0.05, 0) is 105 Å². The van der Waals surface area contributed by atoms with Gasteiger partial charge in [0.2, 0.25) is 0 Å². The maximum Gasteiger partial charge on any atom is 0.0731 e. The van der Waals surface area contributed by atoms with Gasteiger partial charge >= 0.3 is 0 Å². The highest BCUT2D eigenvalue weighted by atomic mass is 14.5. The molecule has 0 saturated heterocycles. The maximum absolute atomic E-state index is 2.54. The van der Waals surface area contributed by atoms with Crippen molar-refractivity contribution in [2.45, 2.75) is 5.41 Å². The first-order valence-electron chi connectivity index (χ1n) is 17.2. The second-order valence-corrected chi connectivity index (χ2v) is 13.5.